The van der Waals surface area contributed by atoms with Crippen LogP contribution in [0.2, 0.25) is 0 Å². The van der Waals surface area contributed by atoms with Gasteiger partial charge in [0, 0.05) is 35.4 Å². The van der Waals surface area contributed by atoms with Gasteiger partial charge < -0.3 is 9.64 Å². The van der Waals surface area contributed by atoms with Crippen LogP contribution in [0, 0.1) is 6.92 Å². The molecule has 0 atom stereocenters. The topological polar surface area (TPSA) is 110 Å². The largest absolute Gasteiger partial charge is 0.490 e. The summed E-state index contributed by atoms with van der Waals surface area (Å²) in [6, 6.07) is 17.9. The molecule has 3 amide bonds. The van der Waals surface area contributed by atoms with Crippen LogP contribution in [0.5, 0.6) is 5.75 Å². The average molecular weight is 531 g/mol. The summed E-state index contributed by atoms with van der Waals surface area (Å²) in [5.41, 5.74) is 5.25. The van der Waals surface area contributed by atoms with Crippen molar-refractivity contribution in [3.8, 4) is 28.3 Å². The number of hydrogen-bond acceptors (Lipinski definition) is 7. The van der Waals surface area contributed by atoms with Crippen molar-refractivity contribution in [1.82, 2.24) is 24.3 Å². The van der Waals surface area contributed by atoms with E-state index < -0.39 is 11.8 Å². The second-order valence-electron chi connectivity index (χ2n) is 9.60. The summed E-state index contributed by atoms with van der Waals surface area (Å²) < 4.78 is 7.78. The van der Waals surface area contributed by atoms with Gasteiger partial charge in [-0.25, -0.2) is 9.97 Å². The van der Waals surface area contributed by atoms with Gasteiger partial charge in [0.1, 0.15) is 18.9 Å². The first kappa shape index (κ1) is 23.7. The molecule has 10 heteroatoms. The van der Waals surface area contributed by atoms with Crippen molar-refractivity contribution in [3.05, 3.63) is 96.1 Å². The molecule has 0 saturated heterocycles. The Balaban J connectivity index is 1.28. The minimum atomic E-state index is -0.466. The Hall–Kier alpha value is -5.38. The molecule has 2 aliphatic heterocycles. The zero-order chi connectivity index (χ0) is 27.4. The lowest BCUT2D eigenvalue weighted by atomic mass is 10.0. The number of carbonyl (C=O) groups excluding carboxylic acids is 3. The summed E-state index contributed by atoms with van der Waals surface area (Å²) in [4.78, 5) is 55.5. The number of ether oxygens (including phenoxy) is 1. The Morgan fingerprint density at radius 1 is 0.925 bits per heavy atom. The van der Waals surface area contributed by atoms with E-state index in [-0.39, 0.29) is 19.0 Å². The molecule has 0 unspecified atom stereocenters. The second kappa shape index (κ2) is 9.12. The van der Waals surface area contributed by atoms with E-state index in [1.165, 1.54) is 0 Å². The standard InChI is InChI=1S/C30H22N6O4/c1-18-15-19(9-11-31-18)26-27(35-12-4-10-32-30(35)33-26)20-7-8-24-23(16-20)34(13-14-40-24)25(37)17-36-28(38)21-5-2-3-6-22(21)29(36)39/h2-12,15-16H,13-14,17H2,1H3. The average Bonchev–Trinajstić information content (AvgIpc) is 3.48. The summed E-state index contributed by atoms with van der Waals surface area (Å²) in [6.07, 6.45) is 5.32. The molecule has 5 aromatic rings. The zero-order valence-electron chi connectivity index (χ0n) is 21.4. The Kier molecular flexibility index (Phi) is 5.41. The Labute approximate surface area is 228 Å². The molecule has 0 bridgehead atoms. The summed E-state index contributed by atoms with van der Waals surface area (Å²) >= 11 is 0. The van der Waals surface area contributed by atoms with Gasteiger partial charge in [-0.05, 0) is 55.5 Å². The van der Waals surface area contributed by atoms with E-state index in [1.807, 2.05) is 53.9 Å². The van der Waals surface area contributed by atoms with Crippen molar-refractivity contribution in [2.45, 2.75) is 6.92 Å². The molecule has 0 radical (unpaired) electrons. The Morgan fingerprint density at radius 3 is 2.50 bits per heavy atom. The van der Waals surface area contributed by atoms with Gasteiger partial charge in [-0.15, -0.1) is 0 Å². The maximum Gasteiger partial charge on any atom is 0.262 e. The Bertz CT molecular complexity index is 1830. The lowest BCUT2D eigenvalue weighted by Gasteiger charge is -2.31. The van der Waals surface area contributed by atoms with Crippen LogP contribution >= 0.6 is 0 Å². The first-order valence-corrected chi connectivity index (χ1v) is 12.8. The van der Waals surface area contributed by atoms with E-state index in [9.17, 15) is 14.4 Å². The van der Waals surface area contributed by atoms with Crippen LogP contribution in [0.1, 0.15) is 26.4 Å². The SMILES string of the molecule is Cc1cc(-c2nc3ncccn3c2-c2ccc3c(c2)N(C(=O)CN2C(=O)c4ccccc4C2=O)CCO3)ccn1. The summed E-state index contributed by atoms with van der Waals surface area (Å²) in [5.74, 6) is -0.229. The maximum absolute atomic E-state index is 13.6. The third kappa shape index (κ3) is 3.72. The molecule has 0 aliphatic carbocycles. The van der Waals surface area contributed by atoms with Crippen molar-refractivity contribution in [3.63, 3.8) is 0 Å². The number of aryl methyl sites for hydroxylation is 1. The molecule has 0 N–H and O–H groups in total. The van der Waals surface area contributed by atoms with Crippen molar-refractivity contribution >= 4 is 29.2 Å². The normalized spacial score (nSPS) is 14.3. The van der Waals surface area contributed by atoms with Crippen LogP contribution in [0.3, 0.4) is 0 Å². The van der Waals surface area contributed by atoms with Gasteiger partial charge in [0.15, 0.2) is 0 Å². The number of amides is 3. The molecule has 40 heavy (non-hydrogen) atoms. The van der Waals surface area contributed by atoms with Gasteiger partial charge in [-0.3, -0.25) is 28.7 Å². The number of imidazole rings is 1. The van der Waals surface area contributed by atoms with Gasteiger partial charge in [0.2, 0.25) is 11.7 Å². The molecular formula is C30H22N6O4. The van der Waals surface area contributed by atoms with E-state index in [0.717, 1.165) is 33.1 Å². The predicted molar refractivity (Wildman–Crippen MR) is 146 cm³/mol. The first-order valence-electron chi connectivity index (χ1n) is 12.8. The number of anilines is 1. The maximum atomic E-state index is 13.6. The molecule has 0 saturated carbocycles. The van der Waals surface area contributed by atoms with Crippen molar-refractivity contribution in [1.29, 1.82) is 0 Å². The quantitative estimate of drug-likeness (QED) is 0.325. The highest BCUT2D eigenvalue weighted by atomic mass is 16.5. The third-order valence-corrected chi connectivity index (χ3v) is 7.14. The molecule has 196 valence electrons. The smallest absolute Gasteiger partial charge is 0.262 e. The monoisotopic (exact) mass is 530 g/mol. The van der Waals surface area contributed by atoms with Crippen molar-refractivity contribution < 1.29 is 19.1 Å². The first-order chi connectivity index (χ1) is 19.5. The van der Waals surface area contributed by atoms with Gasteiger partial charge in [-0.1, -0.05) is 12.1 Å². The molecule has 0 fully saturated rings. The van der Waals surface area contributed by atoms with Crippen LogP contribution in [0.4, 0.5) is 5.69 Å². The summed E-state index contributed by atoms with van der Waals surface area (Å²) in [5, 5.41) is 0. The molecule has 10 nitrogen and oxygen atoms in total. The number of fused-ring (bicyclic) bond motifs is 3. The van der Waals surface area contributed by atoms with Gasteiger partial charge in [-0.2, -0.15) is 0 Å². The fourth-order valence-electron chi connectivity index (χ4n) is 5.28. The highest BCUT2D eigenvalue weighted by molar-refractivity contribution is 6.22. The van der Waals surface area contributed by atoms with E-state index in [0.29, 0.717) is 34.9 Å². The predicted octanol–water partition coefficient (Wildman–Crippen LogP) is 3.79. The lowest BCUT2D eigenvalue weighted by Crippen LogP contribution is -2.45. The minimum Gasteiger partial charge on any atom is -0.490 e. The molecule has 5 heterocycles. The van der Waals surface area contributed by atoms with Crippen LogP contribution in [-0.4, -0.2) is 61.7 Å². The summed E-state index contributed by atoms with van der Waals surface area (Å²) in [7, 11) is 0. The number of aromatic nitrogens is 4. The second-order valence-corrected chi connectivity index (χ2v) is 9.60. The van der Waals surface area contributed by atoms with E-state index >= 15 is 0 Å². The zero-order valence-corrected chi connectivity index (χ0v) is 21.4. The number of imide groups is 1. The van der Waals surface area contributed by atoms with Gasteiger partial charge >= 0.3 is 0 Å². The minimum absolute atomic E-state index is 0.281. The van der Waals surface area contributed by atoms with Crippen LogP contribution < -0.4 is 9.64 Å². The van der Waals surface area contributed by atoms with Gasteiger partial charge in [0.05, 0.1) is 34.7 Å². The van der Waals surface area contributed by atoms with Crippen LogP contribution in [0.25, 0.3) is 28.3 Å². The number of nitrogens with zero attached hydrogens (tertiary/aromatic N) is 6. The molecule has 7 rings (SSSR count). The molecular weight excluding hydrogens is 508 g/mol. The van der Waals surface area contributed by atoms with Crippen molar-refractivity contribution in [2.24, 2.45) is 0 Å². The molecule has 3 aromatic heterocycles. The number of carbonyl (C=O) groups is 3. The van der Waals surface area contributed by atoms with Crippen LogP contribution in [0.15, 0.2) is 79.3 Å². The van der Waals surface area contributed by atoms with Crippen LogP contribution in [-0.2, 0) is 4.79 Å². The van der Waals surface area contributed by atoms with E-state index in [1.54, 1.807) is 41.6 Å². The number of rotatable bonds is 4. The number of pyridine rings is 1. The summed E-state index contributed by atoms with van der Waals surface area (Å²) in [6.45, 7) is 2.13. The van der Waals surface area contributed by atoms with E-state index in [2.05, 4.69) is 9.97 Å². The number of hydrogen-bond donors (Lipinski definition) is 0. The molecule has 2 aliphatic rings. The highest BCUT2D eigenvalue weighted by Gasteiger charge is 2.38. The fourth-order valence-corrected chi connectivity index (χ4v) is 5.28. The third-order valence-electron chi connectivity index (χ3n) is 7.14. The van der Waals surface area contributed by atoms with Gasteiger partial charge in [0.25, 0.3) is 11.8 Å². The number of benzene rings is 2. The fraction of sp³-hybridized carbons (Fsp3) is 0.133. The molecule has 0 spiro atoms. The van der Waals surface area contributed by atoms with Crippen molar-refractivity contribution in [2.75, 3.05) is 24.6 Å². The molecule has 2 aromatic carbocycles. The van der Waals surface area contributed by atoms with E-state index in [4.69, 9.17) is 9.72 Å². The Morgan fingerprint density at radius 2 is 1.73 bits per heavy atom. The lowest BCUT2D eigenvalue weighted by molar-refractivity contribution is -0.119. The highest BCUT2D eigenvalue weighted by Crippen LogP contribution is 2.39.